The molecule has 0 aromatic heterocycles. The zero-order valence-electron chi connectivity index (χ0n) is 13.6. The van der Waals surface area contributed by atoms with Gasteiger partial charge in [0.1, 0.15) is 6.07 Å². The first kappa shape index (κ1) is 20.3. The van der Waals surface area contributed by atoms with Gasteiger partial charge < -0.3 is 10.4 Å². The van der Waals surface area contributed by atoms with E-state index < -0.39 is 39.7 Å². The topological polar surface area (TPSA) is 107 Å². The lowest BCUT2D eigenvalue weighted by Gasteiger charge is -2.12. The van der Waals surface area contributed by atoms with Crippen LogP contribution < -0.4 is 5.32 Å². The highest BCUT2D eigenvalue weighted by Crippen LogP contribution is 2.31. The normalized spacial score (nSPS) is 11.6. The minimum absolute atomic E-state index is 0.0497. The molecule has 27 heavy (non-hydrogen) atoms. The van der Waals surface area contributed by atoms with Gasteiger partial charge in [0.05, 0.1) is 33.9 Å². The molecule has 0 aliphatic rings. The Kier molecular flexibility index (Phi) is 5.75. The second-order valence-corrected chi connectivity index (χ2v) is 7.59. The summed E-state index contributed by atoms with van der Waals surface area (Å²) in [6.45, 7) is 0. The Morgan fingerprint density at radius 1 is 1.15 bits per heavy atom. The van der Waals surface area contributed by atoms with Gasteiger partial charge in [0.2, 0.25) is 0 Å². The predicted octanol–water partition coefficient (Wildman–Crippen LogP) is 3.57. The fraction of sp³-hybridized carbons (Fsp3) is 0.176. The third-order valence-corrected chi connectivity index (χ3v) is 5.26. The van der Waals surface area contributed by atoms with Crippen molar-refractivity contribution in [2.75, 3.05) is 11.1 Å². The second-order valence-electron chi connectivity index (χ2n) is 5.48. The molecule has 0 aliphatic carbocycles. The van der Waals surface area contributed by atoms with Crippen molar-refractivity contribution in [1.82, 2.24) is 0 Å². The van der Waals surface area contributed by atoms with Gasteiger partial charge in [0.25, 0.3) is 0 Å². The highest BCUT2D eigenvalue weighted by atomic mass is 32.2. The maximum absolute atomic E-state index is 12.6. The number of carboxylic acids is 1. The van der Waals surface area contributed by atoms with Crippen molar-refractivity contribution >= 4 is 27.2 Å². The molecule has 0 spiro atoms. The molecule has 0 amide bonds. The molecule has 0 radical (unpaired) electrons. The van der Waals surface area contributed by atoms with Crippen molar-refractivity contribution in [1.29, 1.82) is 5.26 Å². The van der Waals surface area contributed by atoms with Gasteiger partial charge in [0, 0.05) is 5.69 Å². The SMILES string of the molecule is N#Cc1cc(S(=O)(=O)CCC(=O)O)ccc1Nc1ccc(C(F)(F)F)cc1. The van der Waals surface area contributed by atoms with E-state index in [0.29, 0.717) is 0 Å². The van der Waals surface area contributed by atoms with E-state index in [1.54, 1.807) is 6.07 Å². The lowest BCUT2D eigenvalue weighted by Crippen LogP contribution is -2.11. The molecule has 0 unspecified atom stereocenters. The van der Waals surface area contributed by atoms with E-state index in [-0.39, 0.29) is 21.8 Å². The summed E-state index contributed by atoms with van der Waals surface area (Å²) in [5, 5.41) is 20.6. The van der Waals surface area contributed by atoms with Gasteiger partial charge in [-0.2, -0.15) is 18.4 Å². The first-order chi connectivity index (χ1) is 12.5. The Hall–Kier alpha value is -3.06. The van der Waals surface area contributed by atoms with E-state index in [0.717, 1.165) is 18.2 Å². The molecule has 0 atom stereocenters. The van der Waals surface area contributed by atoms with Crippen LogP contribution in [-0.4, -0.2) is 25.2 Å². The smallest absolute Gasteiger partial charge is 0.416 e. The summed E-state index contributed by atoms with van der Waals surface area (Å²) in [5.74, 6) is -1.88. The molecule has 2 aromatic carbocycles. The molecule has 0 bridgehead atoms. The van der Waals surface area contributed by atoms with Crippen LogP contribution in [-0.2, 0) is 20.8 Å². The van der Waals surface area contributed by atoms with E-state index in [2.05, 4.69) is 5.32 Å². The number of alkyl halides is 3. The number of hydrogen-bond donors (Lipinski definition) is 2. The average Bonchev–Trinajstić information content (AvgIpc) is 2.60. The molecular formula is C17H13F3N2O4S. The van der Waals surface area contributed by atoms with Crippen LogP contribution in [0, 0.1) is 11.3 Å². The van der Waals surface area contributed by atoms with Crippen molar-refractivity contribution in [2.45, 2.75) is 17.5 Å². The molecule has 0 fully saturated rings. The van der Waals surface area contributed by atoms with Crippen LogP contribution in [0.4, 0.5) is 24.5 Å². The van der Waals surface area contributed by atoms with Gasteiger partial charge >= 0.3 is 12.1 Å². The standard InChI is InChI=1S/C17H13F3N2O4S/c18-17(19,20)12-1-3-13(4-2-12)22-15-6-5-14(9-11(15)10-21)27(25,26)8-7-16(23)24/h1-6,9,22H,7-8H2,(H,23,24). The van der Waals surface area contributed by atoms with Crippen molar-refractivity contribution in [3.8, 4) is 6.07 Å². The second kappa shape index (κ2) is 7.67. The number of hydrogen-bond acceptors (Lipinski definition) is 5. The van der Waals surface area contributed by atoms with Crippen LogP contribution >= 0.6 is 0 Å². The van der Waals surface area contributed by atoms with Crippen LogP contribution in [0.3, 0.4) is 0 Å². The average molecular weight is 398 g/mol. The van der Waals surface area contributed by atoms with E-state index in [1.165, 1.54) is 24.3 Å². The largest absolute Gasteiger partial charge is 0.481 e. The summed E-state index contributed by atoms with van der Waals surface area (Å²) in [6.07, 6.45) is -5.04. The molecule has 2 N–H and O–H groups in total. The molecule has 6 nitrogen and oxygen atoms in total. The highest BCUT2D eigenvalue weighted by Gasteiger charge is 2.30. The Balaban J connectivity index is 2.27. The fourth-order valence-electron chi connectivity index (χ4n) is 2.16. The van der Waals surface area contributed by atoms with Crippen molar-refractivity contribution < 1.29 is 31.5 Å². The van der Waals surface area contributed by atoms with Gasteiger partial charge in [-0.1, -0.05) is 0 Å². The Bertz CT molecular complexity index is 994. The summed E-state index contributed by atoms with van der Waals surface area (Å²) in [7, 11) is -3.88. The first-order valence-electron chi connectivity index (χ1n) is 7.46. The number of rotatable bonds is 6. The first-order valence-corrected chi connectivity index (χ1v) is 9.11. The molecule has 0 saturated carbocycles. The van der Waals surface area contributed by atoms with Crippen molar-refractivity contribution in [3.63, 3.8) is 0 Å². The molecule has 2 aromatic rings. The molecule has 0 saturated heterocycles. The van der Waals surface area contributed by atoms with E-state index in [1.807, 2.05) is 0 Å². The zero-order chi connectivity index (χ0) is 20.2. The third kappa shape index (κ3) is 5.21. The monoisotopic (exact) mass is 398 g/mol. The summed E-state index contributed by atoms with van der Waals surface area (Å²) >= 11 is 0. The molecule has 10 heteroatoms. The summed E-state index contributed by atoms with van der Waals surface area (Å²) in [4.78, 5) is 10.3. The van der Waals surface area contributed by atoms with Crippen molar-refractivity contribution in [3.05, 3.63) is 53.6 Å². The van der Waals surface area contributed by atoms with E-state index >= 15 is 0 Å². The number of sulfone groups is 1. The third-order valence-electron chi connectivity index (χ3n) is 3.55. The zero-order valence-corrected chi connectivity index (χ0v) is 14.4. The maximum atomic E-state index is 12.6. The fourth-order valence-corrected chi connectivity index (χ4v) is 3.41. The van der Waals surface area contributed by atoms with Crippen LogP contribution in [0.25, 0.3) is 0 Å². The van der Waals surface area contributed by atoms with Gasteiger partial charge in [0.15, 0.2) is 9.84 Å². The maximum Gasteiger partial charge on any atom is 0.416 e. The van der Waals surface area contributed by atoms with E-state index in [4.69, 9.17) is 5.11 Å². The Labute approximate surface area is 152 Å². The van der Waals surface area contributed by atoms with E-state index in [9.17, 15) is 31.6 Å². The molecule has 142 valence electrons. The number of halogens is 3. The minimum Gasteiger partial charge on any atom is -0.481 e. The Morgan fingerprint density at radius 2 is 1.78 bits per heavy atom. The van der Waals surface area contributed by atoms with Crippen LogP contribution in [0.2, 0.25) is 0 Å². The highest BCUT2D eigenvalue weighted by molar-refractivity contribution is 7.91. The predicted molar refractivity (Wildman–Crippen MR) is 90.2 cm³/mol. The number of anilines is 2. The number of nitrogens with zero attached hydrogens (tertiary/aromatic N) is 1. The molecule has 0 aliphatic heterocycles. The van der Waals surface area contributed by atoms with Gasteiger partial charge in [-0.3, -0.25) is 4.79 Å². The Morgan fingerprint density at radius 3 is 2.30 bits per heavy atom. The number of benzene rings is 2. The number of nitrogens with one attached hydrogen (secondary N) is 1. The van der Waals surface area contributed by atoms with Gasteiger partial charge in [-0.15, -0.1) is 0 Å². The van der Waals surface area contributed by atoms with Crippen LogP contribution in [0.5, 0.6) is 0 Å². The quantitative estimate of drug-likeness (QED) is 0.770. The van der Waals surface area contributed by atoms with Gasteiger partial charge in [-0.05, 0) is 42.5 Å². The number of aliphatic carboxylic acids is 1. The van der Waals surface area contributed by atoms with Crippen molar-refractivity contribution in [2.24, 2.45) is 0 Å². The van der Waals surface area contributed by atoms with Crippen LogP contribution in [0.1, 0.15) is 17.5 Å². The van der Waals surface area contributed by atoms with Gasteiger partial charge in [-0.25, -0.2) is 8.42 Å². The number of carbonyl (C=O) groups is 1. The molecule has 0 heterocycles. The molecular weight excluding hydrogens is 385 g/mol. The summed E-state index contributed by atoms with van der Waals surface area (Å²) in [5.41, 5.74) is -0.393. The van der Waals surface area contributed by atoms with Crippen LogP contribution in [0.15, 0.2) is 47.4 Å². The number of nitriles is 1. The lowest BCUT2D eigenvalue weighted by atomic mass is 10.1. The number of carboxylic acid groups (broad SMARTS) is 1. The summed E-state index contributed by atoms with van der Waals surface area (Å²) < 4.78 is 61.9. The lowest BCUT2D eigenvalue weighted by molar-refractivity contribution is -0.138. The minimum atomic E-state index is -4.47. The molecule has 2 rings (SSSR count). The summed E-state index contributed by atoms with van der Waals surface area (Å²) in [6, 6.07) is 9.50.